The van der Waals surface area contributed by atoms with Crippen LogP contribution in [0.3, 0.4) is 0 Å². The SMILES string of the molecule is Nc1ccc(COc2ncnc3nc[nH]c23)cc1. The van der Waals surface area contributed by atoms with Gasteiger partial charge in [0.25, 0.3) is 0 Å². The van der Waals surface area contributed by atoms with E-state index in [-0.39, 0.29) is 0 Å². The largest absolute Gasteiger partial charge is 0.471 e. The average molecular weight is 241 g/mol. The standard InChI is InChI=1S/C12H11N5O/c13-9-3-1-8(2-4-9)5-18-12-10-11(15-6-14-10)16-7-17-12/h1-4,6-7H,5,13H2,(H,14,15,16,17). The van der Waals surface area contributed by atoms with Gasteiger partial charge >= 0.3 is 0 Å². The highest BCUT2D eigenvalue weighted by Crippen LogP contribution is 2.18. The van der Waals surface area contributed by atoms with Crippen LogP contribution in [0.1, 0.15) is 5.56 Å². The van der Waals surface area contributed by atoms with Gasteiger partial charge in [0.1, 0.15) is 18.5 Å². The number of ether oxygens (including phenoxy) is 1. The van der Waals surface area contributed by atoms with Crippen molar-refractivity contribution in [2.75, 3.05) is 5.73 Å². The first-order chi connectivity index (χ1) is 8.83. The number of hydrogen-bond donors (Lipinski definition) is 2. The molecule has 6 nitrogen and oxygen atoms in total. The van der Waals surface area contributed by atoms with Gasteiger partial charge in [-0.1, -0.05) is 12.1 Å². The third kappa shape index (κ3) is 1.95. The summed E-state index contributed by atoms with van der Waals surface area (Å²) in [7, 11) is 0. The van der Waals surface area contributed by atoms with Crippen molar-refractivity contribution in [1.29, 1.82) is 0 Å². The third-order valence-corrected chi connectivity index (χ3v) is 2.54. The van der Waals surface area contributed by atoms with E-state index < -0.39 is 0 Å². The van der Waals surface area contributed by atoms with Gasteiger partial charge in [0.15, 0.2) is 5.65 Å². The van der Waals surface area contributed by atoms with Crippen LogP contribution in [-0.4, -0.2) is 19.9 Å². The van der Waals surface area contributed by atoms with E-state index in [1.54, 1.807) is 6.33 Å². The van der Waals surface area contributed by atoms with Crippen LogP contribution in [0, 0.1) is 0 Å². The molecule has 6 heteroatoms. The number of fused-ring (bicyclic) bond motifs is 1. The Hall–Kier alpha value is -2.63. The number of imidazole rings is 1. The van der Waals surface area contributed by atoms with Crippen molar-refractivity contribution in [2.45, 2.75) is 6.61 Å². The summed E-state index contributed by atoms with van der Waals surface area (Å²) >= 11 is 0. The highest BCUT2D eigenvalue weighted by atomic mass is 16.5. The highest BCUT2D eigenvalue weighted by molar-refractivity contribution is 5.74. The molecule has 3 N–H and O–H groups in total. The lowest BCUT2D eigenvalue weighted by Crippen LogP contribution is -1.99. The van der Waals surface area contributed by atoms with Crippen LogP contribution in [0.25, 0.3) is 11.2 Å². The Morgan fingerprint density at radius 3 is 2.78 bits per heavy atom. The van der Waals surface area contributed by atoms with Crippen molar-refractivity contribution >= 4 is 16.9 Å². The molecular weight excluding hydrogens is 230 g/mol. The van der Waals surface area contributed by atoms with E-state index in [1.165, 1.54) is 6.33 Å². The first-order valence-corrected chi connectivity index (χ1v) is 5.44. The Bertz CT molecular complexity index is 662. The molecule has 2 aromatic heterocycles. The van der Waals surface area contributed by atoms with Crippen LogP contribution in [0.4, 0.5) is 5.69 Å². The van der Waals surface area contributed by atoms with Gasteiger partial charge in [-0.15, -0.1) is 0 Å². The predicted molar refractivity (Wildman–Crippen MR) is 66.9 cm³/mol. The quantitative estimate of drug-likeness (QED) is 0.678. The number of aromatic amines is 1. The van der Waals surface area contributed by atoms with E-state index in [9.17, 15) is 0 Å². The highest BCUT2D eigenvalue weighted by Gasteiger charge is 2.06. The lowest BCUT2D eigenvalue weighted by molar-refractivity contribution is 0.297. The van der Waals surface area contributed by atoms with Crippen molar-refractivity contribution < 1.29 is 4.74 Å². The number of hydrogen-bond acceptors (Lipinski definition) is 5. The molecule has 1 aromatic carbocycles. The monoisotopic (exact) mass is 241 g/mol. The molecule has 18 heavy (non-hydrogen) atoms. The molecule has 0 aliphatic heterocycles. The summed E-state index contributed by atoms with van der Waals surface area (Å²) in [4.78, 5) is 15.1. The van der Waals surface area contributed by atoms with E-state index in [0.29, 0.717) is 23.7 Å². The van der Waals surface area contributed by atoms with E-state index in [4.69, 9.17) is 10.5 Å². The Labute approximate surface area is 103 Å². The zero-order valence-electron chi connectivity index (χ0n) is 9.50. The molecule has 0 aliphatic carbocycles. The van der Waals surface area contributed by atoms with Crippen LogP contribution < -0.4 is 10.5 Å². The summed E-state index contributed by atoms with van der Waals surface area (Å²) in [6, 6.07) is 7.51. The number of benzene rings is 1. The normalized spacial score (nSPS) is 10.7. The molecule has 0 aliphatic rings. The van der Waals surface area contributed by atoms with Crippen LogP contribution in [0.5, 0.6) is 5.88 Å². The maximum Gasteiger partial charge on any atom is 0.243 e. The molecule has 0 saturated heterocycles. The fourth-order valence-corrected chi connectivity index (χ4v) is 1.62. The van der Waals surface area contributed by atoms with Gasteiger partial charge in [0.05, 0.1) is 6.33 Å². The van der Waals surface area contributed by atoms with E-state index in [1.807, 2.05) is 24.3 Å². The van der Waals surface area contributed by atoms with Crippen molar-refractivity contribution in [1.82, 2.24) is 19.9 Å². The van der Waals surface area contributed by atoms with Crippen LogP contribution in [-0.2, 0) is 6.61 Å². The van der Waals surface area contributed by atoms with Gasteiger partial charge in [0.2, 0.25) is 5.88 Å². The molecule has 0 spiro atoms. The molecule has 0 atom stereocenters. The molecule has 3 aromatic rings. The molecule has 0 radical (unpaired) electrons. The Balaban J connectivity index is 1.80. The van der Waals surface area contributed by atoms with Crippen molar-refractivity contribution in [2.24, 2.45) is 0 Å². The summed E-state index contributed by atoms with van der Waals surface area (Å²) in [6.45, 7) is 0.422. The molecule has 0 bridgehead atoms. The Kier molecular flexibility index (Phi) is 2.53. The van der Waals surface area contributed by atoms with Gasteiger partial charge < -0.3 is 15.5 Å². The van der Waals surface area contributed by atoms with E-state index >= 15 is 0 Å². The number of aromatic nitrogens is 4. The lowest BCUT2D eigenvalue weighted by Gasteiger charge is -2.05. The maximum atomic E-state index is 5.64. The molecule has 2 heterocycles. The zero-order valence-corrected chi connectivity index (χ0v) is 9.50. The number of rotatable bonds is 3. The molecule has 3 rings (SSSR count). The molecule has 0 amide bonds. The van der Waals surface area contributed by atoms with Crippen LogP contribution in [0.2, 0.25) is 0 Å². The predicted octanol–water partition coefficient (Wildman–Crippen LogP) is 1.51. The number of nitrogens with one attached hydrogen (secondary N) is 1. The minimum atomic E-state index is 0.422. The number of nitrogens with zero attached hydrogens (tertiary/aromatic N) is 3. The van der Waals surface area contributed by atoms with Crippen LogP contribution >= 0.6 is 0 Å². The van der Waals surface area contributed by atoms with Crippen LogP contribution in [0.15, 0.2) is 36.9 Å². The van der Waals surface area contributed by atoms with Gasteiger partial charge in [-0.25, -0.2) is 9.97 Å². The Morgan fingerprint density at radius 2 is 1.94 bits per heavy atom. The molecule has 0 saturated carbocycles. The number of nitrogens with two attached hydrogens (primary N) is 1. The topological polar surface area (TPSA) is 89.7 Å². The molecule has 0 fully saturated rings. The summed E-state index contributed by atoms with van der Waals surface area (Å²) in [5, 5.41) is 0. The summed E-state index contributed by atoms with van der Waals surface area (Å²) in [5.41, 5.74) is 8.67. The first-order valence-electron chi connectivity index (χ1n) is 5.44. The second kappa shape index (κ2) is 4.33. The van der Waals surface area contributed by atoms with Gasteiger partial charge in [-0.3, -0.25) is 0 Å². The smallest absolute Gasteiger partial charge is 0.243 e. The second-order valence-corrected chi connectivity index (χ2v) is 3.81. The minimum absolute atomic E-state index is 0.422. The number of nitrogen functional groups attached to an aromatic ring is 1. The van der Waals surface area contributed by atoms with Crippen molar-refractivity contribution in [3.05, 3.63) is 42.5 Å². The first kappa shape index (κ1) is 10.5. The second-order valence-electron chi connectivity index (χ2n) is 3.81. The fraction of sp³-hybridized carbons (Fsp3) is 0.0833. The summed E-state index contributed by atoms with van der Waals surface area (Å²) < 4.78 is 5.64. The van der Waals surface area contributed by atoms with Gasteiger partial charge in [0, 0.05) is 5.69 Å². The number of anilines is 1. The molecule has 0 unspecified atom stereocenters. The zero-order chi connectivity index (χ0) is 12.4. The van der Waals surface area contributed by atoms with Crippen molar-refractivity contribution in [3.8, 4) is 5.88 Å². The van der Waals surface area contributed by atoms with Gasteiger partial charge in [-0.2, -0.15) is 4.98 Å². The average Bonchev–Trinajstić information content (AvgIpc) is 2.87. The summed E-state index contributed by atoms with van der Waals surface area (Å²) in [6.07, 6.45) is 3.00. The fourth-order valence-electron chi connectivity index (χ4n) is 1.62. The summed E-state index contributed by atoms with van der Waals surface area (Å²) in [5.74, 6) is 0.495. The van der Waals surface area contributed by atoms with Crippen molar-refractivity contribution in [3.63, 3.8) is 0 Å². The van der Waals surface area contributed by atoms with Gasteiger partial charge in [-0.05, 0) is 17.7 Å². The maximum absolute atomic E-state index is 5.64. The Morgan fingerprint density at radius 1 is 1.11 bits per heavy atom. The molecule has 90 valence electrons. The molecular formula is C12H11N5O. The van der Waals surface area contributed by atoms with E-state index in [2.05, 4.69) is 19.9 Å². The van der Waals surface area contributed by atoms with E-state index in [0.717, 1.165) is 11.3 Å². The third-order valence-electron chi connectivity index (χ3n) is 2.54. The minimum Gasteiger partial charge on any atom is -0.471 e. The lowest BCUT2D eigenvalue weighted by atomic mass is 10.2. The number of H-pyrrole nitrogens is 1.